The highest BCUT2D eigenvalue weighted by atomic mass is 16.2. The fourth-order valence-electron chi connectivity index (χ4n) is 3.69. The maximum atomic E-state index is 12.3. The standard InChI is InChI=1S/C19H28N4O2/c24-18(9-11-21-19(25)16-6-2-1-3-7-16)23-14-12-22(13-15-23)17-8-4-5-10-20-17/h4-5,8,10,16H,1-3,6-7,9,11-15H2,(H,21,25). The third kappa shape index (κ3) is 4.94. The van der Waals surface area contributed by atoms with Gasteiger partial charge in [0.25, 0.3) is 0 Å². The van der Waals surface area contributed by atoms with Crippen molar-refractivity contribution >= 4 is 17.6 Å². The van der Waals surface area contributed by atoms with Gasteiger partial charge in [0.15, 0.2) is 0 Å². The summed E-state index contributed by atoms with van der Waals surface area (Å²) in [5.74, 6) is 1.39. The van der Waals surface area contributed by atoms with Crippen LogP contribution in [0.4, 0.5) is 5.82 Å². The first-order valence-corrected chi connectivity index (χ1v) is 9.45. The van der Waals surface area contributed by atoms with Crippen LogP contribution >= 0.6 is 0 Å². The molecule has 2 heterocycles. The first-order valence-electron chi connectivity index (χ1n) is 9.45. The largest absolute Gasteiger partial charge is 0.355 e. The van der Waals surface area contributed by atoms with Gasteiger partial charge in [0.1, 0.15) is 5.82 Å². The summed E-state index contributed by atoms with van der Waals surface area (Å²) >= 11 is 0. The molecule has 25 heavy (non-hydrogen) atoms. The highest BCUT2D eigenvalue weighted by molar-refractivity contribution is 5.80. The maximum absolute atomic E-state index is 12.3. The van der Waals surface area contributed by atoms with Gasteiger partial charge < -0.3 is 15.1 Å². The fourth-order valence-corrected chi connectivity index (χ4v) is 3.69. The zero-order valence-electron chi connectivity index (χ0n) is 14.8. The molecule has 1 aliphatic heterocycles. The van der Waals surface area contributed by atoms with Gasteiger partial charge in [-0.2, -0.15) is 0 Å². The number of rotatable bonds is 5. The SMILES string of the molecule is O=C(NCCC(=O)N1CCN(c2ccccn2)CC1)C1CCCCC1. The summed E-state index contributed by atoms with van der Waals surface area (Å²) in [6.07, 6.45) is 7.72. The van der Waals surface area contributed by atoms with Gasteiger partial charge in [0, 0.05) is 51.3 Å². The Balaban J connectivity index is 1.36. The van der Waals surface area contributed by atoms with E-state index >= 15 is 0 Å². The van der Waals surface area contributed by atoms with Gasteiger partial charge in [-0.25, -0.2) is 4.98 Å². The number of nitrogens with zero attached hydrogens (tertiary/aromatic N) is 3. The number of anilines is 1. The van der Waals surface area contributed by atoms with Crippen molar-refractivity contribution in [1.82, 2.24) is 15.2 Å². The number of carbonyl (C=O) groups excluding carboxylic acids is 2. The van der Waals surface area contributed by atoms with E-state index in [4.69, 9.17) is 0 Å². The molecular weight excluding hydrogens is 316 g/mol. The zero-order chi connectivity index (χ0) is 17.5. The van der Waals surface area contributed by atoms with Crippen molar-refractivity contribution in [3.05, 3.63) is 24.4 Å². The van der Waals surface area contributed by atoms with Gasteiger partial charge in [-0.1, -0.05) is 25.3 Å². The molecule has 1 saturated heterocycles. The predicted molar refractivity (Wildman–Crippen MR) is 97.2 cm³/mol. The van der Waals surface area contributed by atoms with Crippen LogP contribution in [0.25, 0.3) is 0 Å². The van der Waals surface area contributed by atoms with Crippen molar-refractivity contribution in [2.75, 3.05) is 37.6 Å². The Morgan fingerprint density at radius 1 is 1.08 bits per heavy atom. The highest BCUT2D eigenvalue weighted by Crippen LogP contribution is 2.23. The van der Waals surface area contributed by atoms with Crippen LogP contribution in [0.2, 0.25) is 0 Å². The number of amides is 2. The van der Waals surface area contributed by atoms with Gasteiger partial charge in [-0.15, -0.1) is 0 Å². The van der Waals surface area contributed by atoms with Gasteiger partial charge in [-0.05, 0) is 25.0 Å². The first kappa shape index (κ1) is 17.7. The van der Waals surface area contributed by atoms with Crippen LogP contribution in [-0.4, -0.2) is 54.4 Å². The number of hydrogen-bond donors (Lipinski definition) is 1. The molecule has 6 heteroatoms. The van der Waals surface area contributed by atoms with Crippen LogP contribution in [0.5, 0.6) is 0 Å². The molecule has 136 valence electrons. The number of piperazine rings is 1. The molecule has 3 rings (SSSR count). The molecule has 2 fully saturated rings. The Hall–Kier alpha value is -2.11. The minimum Gasteiger partial charge on any atom is -0.355 e. The molecule has 6 nitrogen and oxygen atoms in total. The van der Waals surface area contributed by atoms with E-state index in [1.165, 1.54) is 6.42 Å². The highest BCUT2D eigenvalue weighted by Gasteiger charge is 2.23. The molecule has 2 amide bonds. The number of pyridine rings is 1. The van der Waals surface area contributed by atoms with Crippen LogP contribution in [0.1, 0.15) is 38.5 Å². The van der Waals surface area contributed by atoms with E-state index in [9.17, 15) is 9.59 Å². The Morgan fingerprint density at radius 2 is 1.84 bits per heavy atom. The molecule has 1 aromatic rings. The van der Waals surface area contributed by atoms with Crippen molar-refractivity contribution in [3.8, 4) is 0 Å². The van der Waals surface area contributed by atoms with Crippen LogP contribution in [0.3, 0.4) is 0 Å². The van der Waals surface area contributed by atoms with Crippen LogP contribution in [0.15, 0.2) is 24.4 Å². The summed E-state index contributed by atoms with van der Waals surface area (Å²) in [7, 11) is 0. The van der Waals surface area contributed by atoms with E-state index in [0.29, 0.717) is 26.1 Å². The minimum atomic E-state index is 0.129. The quantitative estimate of drug-likeness (QED) is 0.885. The van der Waals surface area contributed by atoms with E-state index in [1.54, 1.807) is 6.20 Å². The van der Waals surface area contributed by atoms with Gasteiger partial charge in [0.2, 0.25) is 11.8 Å². The summed E-state index contributed by atoms with van der Waals surface area (Å²) in [4.78, 5) is 32.9. The van der Waals surface area contributed by atoms with E-state index in [-0.39, 0.29) is 17.7 Å². The van der Waals surface area contributed by atoms with E-state index < -0.39 is 0 Å². The summed E-state index contributed by atoms with van der Waals surface area (Å²) in [5, 5.41) is 2.95. The van der Waals surface area contributed by atoms with E-state index in [2.05, 4.69) is 15.2 Å². The molecular formula is C19H28N4O2. The molecule has 1 aliphatic carbocycles. The minimum absolute atomic E-state index is 0.129. The van der Waals surface area contributed by atoms with E-state index in [1.807, 2.05) is 23.1 Å². The summed E-state index contributed by atoms with van der Waals surface area (Å²) < 4.78 is 0. The zero-order valence-corrected chi connectivity index (χ0v) is 14.8. The second-order valence-electron chi connectivity index (χ2n) is 6.93. The summed E-state index contributed by atoms with van der Waals surface area (Å²) in [6, 6.07) is 5.89. The third-order valence-corrected chi connectivity index (χ3v) is 5.22. The molecule has 1 N–H and O–H groups in total. The lowest BCUT2D eigenvalue weighted by Crippen LogP contribution is -2.49. The average molecular weight is 344 g/mol. The van der Waals surface area contributed by atoms with Crippen LogP contribution < -0.4 is 10.2 Å². The molecule has 0 unspecified atom stereocenters. The maximum Gasteiger partial charge on any atom is 0.224 e. The number of nitrogens with one attached hydrogen (secondary N) is 1. The lowest BCUT2D eigenvalue weighted by atomic mass is 9.89. The molecule has 0 spiro atoms. The topological polar surface area (TPSA) is 65.5 Å². The molecule has 0 atom stereocenters. The normalized spacial score (nSPS) is 18.9. The Labute approximate surface area is 149 Å². The molecule has 0 bridgehead atoms. The van der Waals surface area contributed by atoms with Crippen molar-refractivity contribution < 1.29 is 9.59 Å². The number of carbonyl (C=O) groups is 2. The van der Waals surface area contributed by atoms with Crippen molar-refractivity contribution in [1.29, 1.82) is 0 Å². The van der Waals surface area contributed by atoms with Gasteiger partial charge >= 0.3 is 0 Å². The lowest BCUT2D eigenvalue weighted by molar-refractivity contribution is -0.131. The summed E-state index contributed by atoms with van der Waals surface area (Å²) in [6.45, 7) is 3.49. The molecule has 1 saturated carbocycles. The molecule has 1 aromatic heterocycles. The second-order valence-corrected chi connectivity index (χ2v) is 6.93. The smallest absolute Gasteiger partial charge is 0.224 e. The van der Waals surface area contributed by atoms with Gasteiger partial charge in [-0.3, -0.25) is 9.59 Å². The van der Waals surface area contributed by atoms with E-state index in [0.717, 1.165) is 44.6 Å². The first-order chi connectivity index (χ1) is 12.2. The molecule has 0 radical (unpaired) electrons. The number of hydrogen-bond acceptors (Lipinski definition) is 4. The fraction of sp³-hybridized carbons (Fsp3) is 0.632. The van der Waals surface area contributed by atoms with Crippen molar-refractivity contribution in [2.45, 2.75) is 38.5 Å². The van der Waals surface area contributed by atoms with Gasteiger partial charge in [0.05, 0.1) is 0 Å². The summed E-state index contributed by atoms with van der Waals surface area (Å²) in [5.41, 5.74) is 0. The average Bonchev–Trinajstić information content (AvgIpc) is 2.69. The van der Waals surface area contributed by atoms with Crippen LogP contribution in [-0.2, 0) is 9.59 Å². The lowest BCUT2D eigenvalue weighted by Gasteiger charge is -2.35. The Bertz CT molecular complexity index is 564. The van der Waals surface area contributed by atoms with Crippen molar-refractivity contribution in [2.24, 2.45) is 5.92 Å². The molecule has 0 aromatic carbocycles. The Kier molecular flexibility index (Phi) is 6.25. The second kappa shape index (κ2) is 8.83. The number of aromatic nitrogens is 1. The monoisotopic (exact) mass is 344 g/mol. The predicted octanol–water partition coefficient (Wildman–Crippen LogP) is 1.82. The van der Waals surface area contributed by atoms with Crippen molar-refractivity contribution in [3.63, 3.8) is 0 Å². The Morgan fingerprint density at radius 3 is 2.52 bits per heavy atom. The van der Waals surface area contributed by atoms with Crippen LogP contribution in [0, 0.1) is 5.92 Å². The third-order valence-electron chi connectivity index (χ3n) is 5.22. The molecule has 2 aliphatic rings.